The number of hydrogen-bond donors (Lipinski definition) is 1. The van der Waals surface area contributed by atoms with Crippen LogP contribution in [-0.4, -0.2) is 66.7 Å². The Labute approximate surface area is 238 Å². The van der Waals surface area contributed by atoms with Gasteiger partial charge in [-0.05, 0) is 48.9 Å². The lowest BCUT2D eigenvalue weighted by atomic mass is 10.1. The molecule has 8 nitrogen and oxygen atoms in total. The van der Waals surface area contributed by atoms with Gasteiger partial charge in [0, 0.05) is 54.3 Å². The minimum absolute atomic E-state index is 0.0659. The zero-order valence-electron chi connectivity index (χ0n) is 22.7. The smallest absolute Gasteiger partial charge is 0.321 e. The van der Waals surface area contributed by atoms with Crippen molar-refractivity contribution in [1.82, 2.24) is 14.4 Å². The Morgan fingerprint density at radius 3 is 2.17 bits per heavy atom. The first-order valence-electron chi connectivity index (χ1n) is 13.0. The van der Waals surface area contributed by atoms with Gasteiger partial charge in [0.25, 0.3) is 5.91 Å². The number of anilines is 1. The lowest BCUT2D eigenvalue weighted by molar-refractivity contribution is 0.0671. The van der Waals surface area contributed by atoms with Crippen molar-refractivity contribution in [3.05, 3.63) is 95.1 Å². The molecule has 1 N–H and O–H groups in total. The lowest BCUT2D eigenvalue weighted by Gasteiger charge is -2.34. The molecule has 1 aliphatic heterocycles. The van der Waals surface area contributed by atoms with E-state index < -0.39 is 0 Å². The average Bonchev–Trinajstić information content (AvgIpc) is 3.33. The second kappa shape index (κ2) is 11.8. The van der Waals surface area contributed by atoms with Crippen LogP contribution in [0.2, 0.25) is 5.02 Å². The van der Waals surface area contributed by atoms with Gasteiger partial charge in [0.15, 0.2) is 11.5 Å². The van der Waals surface area contributed by atoms with Crippen molar-refractivity contribution in [3.8, 4) is 28.4 Å². The van der Waals surface area contributed by atoms with E-state index in [4.69, 9.17) is 21.1 Å². The topological polar surface area (TPSA) is 76.0 Å². The summed E-state index contributed by atoms with van der Waals surface area (Å²) in [6.07, 6.45) is 0. The number of halogens is 1. The standard InChI is InChI=1S/C31H31ClN4O4/c1-21-26(30(37)34-14-16-35(17-15-34)31(38)33-24-11-7-10-23(32)18-24)20-27(22-8-5-4-6-9-22)36(21)25-12-13-28(39-2)29(19-25)40-3/h4-13,18-20H,14-17H2,1-3H3,(H,33,38). The highest BCUT2D eigenvalue weighted by Gasteiger charge is 2.28. The van der Waals surface area contributed by atoms with E-state index in [-0.39, 0.29) is 11.9 Å². The summed E-state index contributed by atoms with van der Waals surface area (Å²) in [6, 6.07) is 24.5. The minimum atomic E-state index is -0.212. The molecule has 206 valence electrons. The number of rotatable bonds is 6. The van der Waals surface area contributed by atoms with E-state index in [2.05, 4.69) is 9.88 Å². The van der Waals surface area contributed by atoms with E-state index in [1.165, 1.54) is 0 Å². The Kier molecular flexibility index (Phi) is 7.98. The second-order valence-corrected chi connectivity index (χ2v) is 9.93. The Bertz CT molecular complexity index is 1530. The Hall–Kier alpha value is -4.43. The number of nitrogens with one attached hydrogen (secondary N) is 1. The molecule has 3 amide bonds. The van der Waals surface area contributed by atoms with Crippen LogP contribution in [0.5, 0.6) is 11.5 Å². The highest BCUT2D eigenvalue weighted by Crippen LogP contribution is 2.35. The average molecular weight is 559 g/mol. The molecule has 5 rings (SSSR count). The zero-order chi connectivity index (χ0) is 28.2. The van der Waals surface area contributed by atoms with E-state index in [9.17, 15) is 9.59 Å². The first-order chi connectivity index (χ1) is 19.4. The third-order valence-electron chi connectivity index (χ3n) is 7.10. The number of carbonyl (C=O) groups is 2. The molecular formula is C31H31ClN4O4. The van der Waals surface area contributed by atoms with Crippen LogP contribution in [0.1, 0.15) is 16.1 Å². The van der Waals surface area contributed by atoms with E-state index in [0.717, 1.165) is 22.6 Å². The number of hydrogen-bond acceptors (Lipinski definition) is 4. The highest BCUT2D eigenvalue weighted by molar-refractivity contribution is 6.30. The molecule has 1 saturated heterocycles. The molecule has 0 unspecified atom stereocenters. The largest absolute Gasteiger partial charge is 0.493 e. The number of carbonyl (C=O) groups excluding carboxylic acids is 2. The van der Waals surface area contributed by atoms with Gasteiger partial charge >= 0.3 is 6.03 Å². The molecule has 1 aromatic heterocycles. The molecule has 0 saturated carbocycles. The monoisotopic (exact) mass is 558 g/mol. The molecule has 2 heterocycles. The number of methoxy groups -OCH3 is 2. The van der Waals surface area contributed by atoms with Gasteiger partial charge in [0.05, 0.1) is 25.5 Å². The van der Waals surface area contributed by atoms with Crippen molar-refractivity contribution >= 4 is 29.2 Å². The molecule has 1 aliphatic rings. The van der Waals surface area contributed by atoms with Gasteiger partial charge in [-0.25, -0.2) is 4.79 Å². The summed E-state index contributed by atoms with van der Waals surface area (Å²) < 4.78 is 13.0. The van der Waals surface area contributed by atoms with Crippen LogP contribution in [0.15, 0.2) is 78.9 Å². The van der Waals surface area contributed by atoms with Crippen molar-refractivity contribution in [2.75, 3.05) is 45.7 Å². The van der Waals surface area contributed by atoms with E-state index in [0.29, 0.717) is 54.0 Å². The summed E-state index contributed by atoms with van der Waals surface area (Å²) in [5.74, 6) is 1.17. The van der Waals surface area contributed by atoms with Gasteiger partial charge in [-0.2, -0.15) is 0 Å². The Morgan fingerprint density at radius 2 is 1.50 bits per heavy atom. The molecule has 40 heavy (non-hydrogen) atoms. The summed E-state index contributed by atoms with van der Waals surface area (Å²) in [5, 5.41) is 3.43. The van der Waals surface area contributed by atoms with Crippen molar-refractivity contribution < 1.29 is 19.1 Å². The third kappa shape index (κ3) is 5.49. The predicted octanol–water partition coefficient (Wildman–Crippen LogP) is 6.11. The van der Waals surface area contributed by atoms with Crippen LogP contribution < -0.4 is 14.8 Å². The molecule has 0 spiro atoms. The Balaban J connectivity index is 1.39. The molecule has 3 aromatic carbocycles. The summed E-state index contributed by atoms with van der Waals surface area (Å²) in [7, 11) is 3.21. The SMILES string of the molecule is COc1ccc(-n2c(-c3ccccc3)cc(C(=O)N3CCN(C(=O)Nc4cccc(Cl)c4)CC3)c2C)cc1OC. The number of urea groups is 1. The maximum atomic E-state index is 13.8. The third-order valence-corrected chi connectivity index (χ3v) is 7.34. The molecular weight excluding hydrogens is 528 g/mol. The normalized spacial score (nSPS) is 13.2. The molecule has 1 fully saturated rings. The molecule has 9 heteroatoms. The van der Waals surface area contributed by atoms with Crippen LogP contribution in [0.25, 0.3) is 16.9 Å². The fourth-order valence-electron chi connectivity index (χ4n) is 4.99. The van der Waals surface area contributed by atoms with E-state index in [1.54, 1.807) is 48.3 Å². The van der Waals surface area contributed by atoms with Crippen molar-refractivity contribution in [2.24, 2.45) is 0 Å². The molecule has 0 radical (unpaired) electrons. The van der Waals surface area contributed by atoms with Crippen molar-refractivity contribution in [1.29, 1.82) is 0 Å². The maximum Gasteiger partial charge on any atom is 0.321 e. The Morgan fingerprint density at radius 1 is 0.800 bits per heavy atom. The molecule has 0 aliphatic carbocycles. The summed E-state index contributed by atoms with van der Waals surface area (Å²) in [4.78, 5) is 30.1. The highest BCUT2D eigenvalue weighted by atomic mass is 35.5. The summed E-state index contributed by atoms with van der Waals surface area (Å²) >= 11 is 6.04. The fraction of sp³-hybridized carbons (Fsp3) is 0.226. The van der Waals surface area contributed by atoms with Gasteiger partial charge in [0.2, 0.25) is 0 Å². The predicted molar refractivity (Wildman–Crippen MR) is 157 cm³/mol. The quantitative estimate of drug-likeness (QED) is 0.310. The van der Waals surface area contributed by atoms with Crippen LogP contribution >= 0.6 is 11.6 Å². The lowest BCUT2D eigenvalue weighted by Crippen LogP contribution is -2.51. The van der Waals surface area contributed by atoms with Crippen LogP contribution in [0, 0.1) is 6.92 Å². The van der Waals surface area contributed by atoms with Crippen molar-refractivity contribution in [2.45, 2.75) is 6.92 Å². The second-order valence-electron chi connectivity index (χ2n) is 9.49. The summed E-state index contributed by atoms with van der Waals surface area (Å²) in [5.41, 5.74) is 4.81. The van der Waals surface area contributed by atoms with Crippen LogP contribution in [0.4, 0.5) is 10.5 Å². The fourth-order valence-corrected chi connectivity index (χ4v) is 5.18. The zero-order valence-corrected chi connectivity index (χ0v) is 23.4. The van der Waals surface area contributed by atoms with E-state index in [1.807, 2.05) is 61.5 Å². The van der Waals surface area contributed by atoms with Crippen LogP contribution in [0.3, 0.4) is 0 Å². The first kappa shape index (κ1) is 27.1. The van der Waals surface area contributed by atoms with Gasteiger partial charge in [-0.3, -0.25) is 4.79 Å². The molecule has 0 bridgehead atoms. The van der Waals surface area contributed by atoms with Gasteiger partial charge in [-0.1, -0.05) is 48.0 Å². The number of nitrogens with zero attached hydrogens (tertiary/aromatic N) is 3. The van der Waals surface area contributed by atoms with Crippen LogP contribution in [-0.2, 0) is 0 Å². The number of aromatic nitrogens is 1. The summed E-state index contributed by atoms with van der Waals surface area (Å²) in [6.45, 7) is 3.68. The van der Waals surface area contributed by atoms with Gasteiger partial charge < -0.3 is 29.2 Å². The van der Waals surface area contributed by atoms with Crippen molar-refractivity contribution in [3.63, 3.8) is 0 Å². The molecule has 4 aromatic rings. The minimum Gasteiger partial charge on any atom is -0.493 e. The number of piperazine rings is 1. The number of ether oxygens (including phenoxy) is 2. The number of amides is 3. The van der Waals surface area contributed by atoms with Gasteiger partial charge in [-0.15, -0.1) is 0 Å². The van der Waals surface area contributed by atoms with Gasteiger partial charge in [0.1, 0.15) is 0 Å². The number of benzene rings is 3. The van der Waals surface area contributed by atoms with E-state index >= 15 is 0 Å². The maximum absolute atomic E-state index is 13.8. The molecule has 0 atom stereocenters. The first-order valence-corrected chi connectivity index (χ1v) is 13.4.